The van der Waals surface area contributed by atoms with Gasteiger partial charge in [0, 0.05) is 24.9 Å². The van der Waals surface area contributed by atoms with Gasteiger partial charge in [-0.25, -0.2) is 18.2 Å². The highest BCUT2D eigenvalue weighted by Crippen LogP contribution is 2.21. The second-order valence-electron chi connectivity index (χ2n) is 5.91. The van der Waals surface area contributed by atoms with Gasteiger partial charge < -0.3 is 10.4 Å². The summed E-state index contributed by atoms with van der Waals surface area (Å²) in [6.45, 7) is 2.48. The molecule has 0 aliphatic carbocycles. The number of hydrogen-bond acceptors (Lipinski definition) is 6. The lowest BCUT2D eigenvalue weighted by Crippen LogP contribution is -2.52. The van der Waals surface area contributed by atoms with Crippen LogP contribution in [0.1, 0.15) is 48.1 Å². The molecule has 1 unspecified atom stereocenters. The standard InChI is InChI=1S/C15H23N3O5S2/c1-2-9-25(22,23)18-8-4-3-5-12(18)14(19)16-7-6-13-17-11(10-24-13)15(20)21/h10,12H,2-9H2,1H3,(H,16,19)(H,20,21). The first-order valence-corrected chi connectivity index (χ1v) is 10.8. The Morgan fingerprint density at radius 2 is 2.20 bits per heavy atom. The molecule has 1 aliphatic heterocycles. The van der Waals surface area contributed by atoms with Crippen LogP contribution in [-0.2, 0) is 21.2 Å². The Morgan fingerprint density at radius 1 is 1.44 bits per heavy atom. The molecule has 2 heterocycles. The number of piperidine rings is 1. The molecule has 0 bridgehead atoms. The van der Waals surface area contributed by atoms with Gasteiger partial charge >= 0.3 is 5.97 Å². The summed E-state index contributed by atoms with van der Waals surface area (Å²) in [4.78, 5) is 27.2. The second-order valence-corrected chi connectivity index (χ2v) is 8.89. The number of nitrogens with one attached hydrogen (secondary N) is 1. The number of nitrogens with zero attached hydrogens (tertiary/aromatic N) is 2. The molecule has 140 valence electrons. The predicted molar refractivity (Wildman–Crippen MR) is 94.2 cm³/mol. The maximum atomic E-state index is 12.4. The summed E-state index contributed by atoms with van der Waals surface area (Å²) in [5.74, 6) is -1.33. The number of sulfonamides is 1. The molecule has 0 radical (unpaired) electrons. The van der Waals surface area contributed by atoms with Gasteiger partial charge in [-0.3, -0.25) is 4.79 Å². The number of thiazole rings is 1. The van der Waals surface area contributed by atoms with E-state index < -0.39 is 22.0 Å². The van der Waals surface area contributed by atoms with Gasteiger partial charge in [0.25, 0.3) is 0 Å². The number of hydrogen-bond donors (Lipinski definition) is 2. The van der Waals surface area contributed by atoms with Crippen molar-refractivity contribution in [2.24, 2.45) is 0 Å². The molecule has 1 aromatic rings. The first kappa shape index (κ1) is 19.8. The van der Waals surface area contributed by atoms with Crippen LogP contribution in [0.15, 0.2) is 5.38 Å². The van der Waals surface area contributed by atoms with Crippen LogP contribution in [0.25, 0.3) is 0 Å². The second kappa shape index (κ2) is 8.72. The summed E-state index contributed by atoms with van der Waals surface area (Å²) in [6.07, 6.45) is 3.05. The van der Waals surface area contributed by atoms with Crippen molar-refractivity contribution < 1.29 is 23.1 Å². The van der Waals surface area contributed by atoms with E-state index in [4.69, 9.17) is 5.11 Å². The van der Waals surface area contributed by atoms with Gasteiger partial charge in [0.15, 0.2) is 5.69 Å². The van der Waals surface area contributed by atoms with Gasteiger partial charge in [0.1, 0.15) is 6.04 Å². The quantitative estimate of drug-likeness (QED) is 0.687. The smallest absolute Gasteiger partial charge is 0.355 e. The van der Waals surface area contributed by atoms with Crippen molar-refractivity contribution in [1.82, 2.24) is 14.6 Å². The maximum absolute atomic E-state index is 12.4. The Kier molecular flexibility index (Phi) is 6.91. The van der Waals surface area contributed by atoms with E-state index in [1.807, 2.05) is 0 Å². The highest BCUT2D eigenvalue weighted by Gasteiger charge is 2.35. The molecule has 2 rings (SSSR count). The number of amides is 1. The third-order valence-corrected chi connectivity index (χ3v) is 6.97. The average molecular weight is 389 g/mol. The summed E-state index contributed by atoms with van der Waals surface area (Å²) in [5.41, 5.74) is -0.00422. The van der Waals surface area contributed by atoms with E-state index in [-0.39, 0.29) is 17.4 Å². The van der Waals surface area contributed by atoms with Gasteiger partial charge in [-0.15, -0.1) is 11.3 Å². The lowest BCUT2D eigenvalue weighted by Gasteiger charge is -2.33. The van der Waals surface area contributed by atoms with Gasteiger partial charge in [0.2, 0.25) is 15.9 Å². The molecule has 8 nitrogen and oxygen atoms in total. The molecule has 1 amide bonds. The van der Waals surface area contributed by atoms with Crippen molar-refractivity contribution in [3.05, 3.63) is 16.1 Å². The fourth-order valence-corrected chi connectivity index (χ4v) is 5.33. The van der Waals surface area contributed by atoms with Crippen LogP contribution in [0.5, 0.6) is 0 Å². The molecule has 0 saturated carbocycles. The lowest BCUT2D eigenvalue weighted by atomic mass is 10.0. The number of rotatable bonds is 8. The zero-order valence-corrected chi connectivity index (χ0v) is 15.7. The SMILES string of the molecule is CCCS(=O)(=O)N1CCCCC1C(=O)NCCc1nc(C(=O)O)cs1. The van der Waals surface area contributed by atoms with Crippen molar-refractivity contribution in [3.63, 3.8) is 0 Å². The van der Waals surface area contributed by atoms with Gasteiger partial charge in [-0.05, 0) is 19.3 Å². The monoisotopic (exact) mass is 389 g/mol. The molecule has 1 atom stereocenters. The average Bonchev–Trinajstić information content (AvgIpc) is 3.04. The van der Waals surface area contributed by atoms with Gasteiger partial charge in [-0.2, -0.15) is 4.31 Å². The van der Waals surface area contributed by atoms with Crippen LogP contribution in [-0.4, -0.2) is 59.6 Å². The molecule has 10 heteroatoms. The largest absolute Gasteiger partial charge is 0.476 e. The minimum atomic E-state index is -3.41. The number of carboxylic acid groups (broad SMARTS) is 1. The normalized spacial score (nSPS) is 18.8. The number of carbonyl (C=O) groups is 2. The predicted octanol–water partition coefficient (Wildman–Crippen LogP) is 1.09. The highest BCUT2D eigenvalue weighted by atomic mass is 32.2. The van der Waals surface area contributed by atoms with E-state index in [0.717, 1.165) is 12.8 Å². The van der Waals surface area contributed by atoms with Crippen LogP contribution < -0.4 is 5.32 Å². The molecule has 2 N–H and O–H groups in total. The first-order valence-electron chi connectivity index (χ1n) is 8.30. The van der Waals surface area contributed by atoms with Crippen LogP contribution in [0.3, 0.4) is 0 Å². The Bertz CT molecular complexity index is 717. The molecule has 1 fully saturated rings. The molecule has 1 aliphatic rings. The summed E-state index contributed by atoms with van der Waals surface area (Å²) in [5, 5.41) is 13.7. The van der Waals surface area contributed by atoms with Crippen molar-refractivity contribution in [2.45, 2.75) is 45.1 Å². The third kappa shape index (κ3) is 5.23. The van der Waals surface area contributed by atoms with Crippen molar-refractivity contribution >= 4 is 33.2 Å². The van der Waals surface area contributed by atoms with Crippen molar-refractivity contribution in [2.75, 3.05) is 18.8 Å². The van der Waals surface area contributed by atoms with Crippen LogP contribution in [0.2, 0.25) is 0 Å². The molecule has 0 spiro atoms. The van der Waals surface area contributed by atoms with E-state index in [0.29, 0.717) is 37.4 Å². The fraction of sp³-hybridized carbons (Fsp3) is 0.667. The lowest BCUT2D eigenvalue weighted by molar-refractivity contribution is -0.125. The number of carboxylic acids is 1. The Hall–Kier alpha value is -1.52. The Balaban J connectivity index is 1.92. The Morgan fingerprint density at radius 3 is 2.84 bits per heavy atom. The third-order valence-electron chi connectivity index (χ3n) is 3.98. The van der Waals surface area contributed by atoms with E-state index in [1.165, 1.54) is 21.0 Å². The minimum absolute atomic E-state index is 0.00422. The molecular formula is C15H23N3O5S2. The molecular weight excluding hydrogens is 366 g/mol. The number of carbonyl (C=O) groups excluding carboxylic acids is 1. The van der Waals surface area contributed by atoms with Crippen LogP contribution in [0, 0.1) is 0 Å². The Labute approximate surface area is 151 Å². The molecule has 1 saturated heterocycles. The van der Waals surface area contributed by atoms with E-state index >= 15 is 0 Å². The van der Waals surface area contributed by atoms with Crippen molar-refractivity contribution in [1.29, 1.82) is 0 Å². The fourth-order valence-electron chi connectivity index (χ4n) is 2.81. The topological polar surface area (TPSA) is 117 Å². The van der Waals surface area contributed by atoms with Crippen LogP contribution in [0.4, 0.5) is 0 Å². The summed E-state index contributed by atoms with van der Waals surface area (Å²) < 4.78 is 26.0. The highest BCUT2D eigenvalue weighted by molar-refractivity contribution is 7.89. The van der Waals surface area contributed by atoms with Gasteiger partial charge in [-0.1, -0.05) is 13.3 Å². The minimum Gasteiger partial charge on any atom is -0.476 e. The molecule has 1 aromatic heterocycles. The van der Waals surface area contributed by atoms with E-state index in [1.54, 1.807) is 6.92 Å². The molecule has 25 heavy (non-hydrogen) atoms. The maximum Gasteiger partial charge on any atom is 0.355 e. The zero-order valence-electron chi connectivity index (χ0n) is 14.1. The summed E-state index contributed by atoms with van der Waals surface area (Å²) in [6, 6.07) is -0.656. The van der Waals surface area contributed by atoms with Crippen molar-refractivity contribution in [3.8, 4) is 0 Å². The zero-order chi connectivity index (χ0) is 18.4. The molecule has 0 aromatic carbocycles. The summed E-state index contributed by atoms with van der Waals surface area (Å²) in [7, 11) is -3.41. The van der Waals surface area contributed by atoms with Gasteiger partial charge in [0.05, 0.1) is 10.8 Å². The summed E-state index contributed by atoms with van der Waals surface area (Å²) >= 11 is 1.23. The number of aromatic carboxylic acids is 1. The van der Waals surface area contributed by atoms with E-state index in [2.05, 4.69) is 10.3 Å². The first-order chi connectivity index (χ1) is 11.8. The van der Waals surface area contributed by atoms with Crippen LogP contribution >= 0.6 is 11.3 Å². The number of aromatic nitrogens is 1. The van der Waals surface area contributed by atoms with E-state index in [9.17, 15) is 18.0 Å².